The van der Waals surface area contributed by atoms with Crippen molar-refractivity contribution in [1.29, 1.82) is 0 Å². The van der Waals surface area contributed by atoms with Crippen molar-refractivity contribution in [3.05, 3.63) is 65.7 Å². The van der Waals surface area contributed by atoms with Crippen molar-refractivity contribution in [3.63, 3.8) is 0 Å². The number of likely N-dealkylation sites (tertiary alicyclic amines) is 1. The normalized spacial score (nSPS) is 20.9. The molecule has 2 saturated heterocycles. The number of nitrogens with zero attached hydrogens (tertiary/aromatic N) is 2. The Morgan fingerprint density at radius 2 is 1.56 bits per heavy atom. The molecule has 8 heteroatoms. The van der Waals surface area contributed by atoms with Crippen molar-refractivity contribution < 1.29 is 17.9 Å². The first-order chi connectivity index (χ1) is 16.5. The third-order valence-corrected chi connectivity index (χ3v) is 8.52. The van der Waals surface area contributed by atoms with Crippen LogP contribution >= 0.6 is 0 Å². The number of piperidine rings is 1. The summed E-state index contributed by atoms with van der Waals surface area (Å²) < 4.78 is 29.6. The molecule has 7 nitrogen and oxygen atoms in total. The van der Waals surface area contributed by atoms with Gasteiger partial charge in [-0.25, -0.2) is 8.42 Å². The zero-order valence-corrected chi connectivity index (χ0v) is 20.7. The van der Waals surface area contributed by atoms with Crippen LogP contribution in [0.15, 0.2) is 54.6 Å². The summed E-state index contributed by atoms with van der Waals surface area (Å²) in [5, 5.41) is 3.22. The van der Waals surface area contributed by atoms with E-state index in [1.165, 1.54) is 6.42 Å². The second-order valence-corrected chi connectivity index (χ2v) is 11.4. The van der Waals surface area contributed by atoms with E-state index in [4.69, 9.17) is 4.74 Å². The molecule has 0 bridgehead atoms. The van der Waals surface area contributed by atoms with Gasteiger partial charge in [0.1, 0.15) is 11.8 Å². The van der Waals surface area contributed by atoms with Crippen LogP contribution in [0.5, 0.6) is 5.75 Å². The molecule has 2 aliphatic heterocycles. The number of hydrogen-bond acceptors (Lipinski definition) is 6. The standard InChI is InChI=1S/C26H35N3O4S/c1-33-24-13-7-6-12-22(24)23(28-14-8-3-9-15-28)20-27-26(30)25(21-10-4-2-5-11-21)29-16-18-34(31,32)19-17-29/h2,4-7,10-13,23,25H,3,8-9,14-20H2,1H3,(H,27,30). The summed E-state index contributed by atoms with van der Waals surface area (Å²) in [5.74, 6) is 0.901. The highest BCUT2D eigenvalue weighted by Crippen LogP contribution is 2.31. The van der Waals surface area contributed by atoms with Crippen molar-refractivity contribution in [3.8, 4) is 5.75 Å². The Hall–Kier alpha value is -2.42. The highest BCUT2D eigenvalue weighted by molar-refractivity contribution is 7.91. The van der Waals surface area contributed by atoms with Crippen molar-refractivity contribution >= 4 is 15.7 Å². The molecule has 1 N–H and O–H groups in total. The fourth-order valence-corrected chi connectivity index (χ4v) is 6.28. The van der Waals surface area contributed by atoms with Gasteiger partial charge < -0.3 is 10.1 Å². The average Bonchev–Trinajstić information content (AvgIpc) is 2.87. The molecular formula is C26H35N3O4S. The van der Waals surface area contributed by atoms with Crippen LogP contribution in [0.1, 0.15) is 42.5 Å². The molecule has 2 fully saturated rings. The first-order valence-electron chi connectivity index (χ1n) is 12.1. The van der Waals surface area contributed by atoms with Crippen molar-refractivity contribution in [1.82, 2.24) is 15.1 Å². The number of nitrogens with one attached hydrogen (secondary N) is 1. The minimum Gasteiger partial charge on any atom is -0.496 e. The van der Waals surface area contributed by atoms with Crippen molar-refractivity contribution in [2.24, 2.45) is 0 Å². The van der Waals surface area contributed by atoms with Gasteiger partial charge in [-0.3, -0.25) is 14.6 Å². The summed E-state index contributed by atoms with van der Waals surface area (Å²) in [6.45, 7) is 3.17. The van der Waals surface area contributed by atoms with Crippen LogP contribution in [0, 0.1) is 0 Å². The Labute approximate surface area is 203 Å². The number of para-hydroxylation sites is 1. The number of rotatable bonds is 8. The lowest BCUT2D eigenvalue weighted by molar-refractivity contribution is -0.127. The van der Waals surface area contributed by atoms with Gasteiger partial charge in [-0.05, 0) is 37.6 Å². The van der Waals surface area contributed by atoms with E-state index in [-0.39, 0.29) is 23.5 Å². The summed E-state index contributed by atoms with van der Waals surface area (Å²) in [4.78, 5) is 18.1. The highest BCUT2D eigenvalue weighted by Gasteiger charge is 2.33. The molecule has 2 aliphatic rings. The van der Waals surface area contributed by atoms with E-state index in [2.05, 4.69) is 16.3 Å². The van der Waals surface area contributed by atoms with Crippen molar-refractivity contribution in [2.45, 2.75) is 31.3 Å². The van der Waals surface area contributed by atoms with Gasteiger partial charge in [0.05, 0.1) is 24.7 Å². The van der Waals surface area contributed by atoms with E-state index in [1.807, 2.05) is 53.4 Å². The molecule has 0 aromatic heterocycles. The molecule has 34 heavy (non-hydrogen) atoms. The van der Waals surface area contributed by atoms with E-state index in [0.29, 0.717) is 19.6 Å². The monoisotopic (exact) mass is 485 g/mol. The van der Waals surface area contributed by atoms with Crippen LogP contribution in [-0.2, 0) is 14.6 Å². The lowest BCUT2D eigenvalue weighted by Gasteiger charge is -2.37. The Morgan fingerprint density at radius 3 is 2.24 bits per heavy atom. The topological polar surface area (TPSA) is 79.0 Å². The van der Waals surface area contributed by atoms with E-state index in [9.17, 15) is 13.2 Å². The molecule has 0 aliphatic carbocycles. The maximum atomic E-state index is 13.6. The van der Waals surface area contributed by atoms with E-state index in [1.54, 1.807) is 7.11 Å². The Bertz CT molecular complexity index is 1040. The quantitative estimate of drug-likeness (QED) is 0.620. The summed E-state index contributed by atoms with van der Waals surface area (Å²) >= 11 is 0. The maximum Gasteiger partial charge on any atom is 0.242 e. The first kappa shape index (κ1) is 24.7. The third-order valence-electron chi connectivity index (χ3n) is 6.91. The SMILES string of the molecule is COc1ccccc1C(CNC(=O)C(c1ccccc1)N1CCS(=O)(=O)CC1)N1CCCCC1. The predicted octanol–water partition coefficient (Wildman–Crippen LogP) is 2.81. The fraction of sp³-hybridized carbons (Fsp3) is 0.500. The lowest BCUT2D eigenvalue weighted by atomic mass is 9.99. The number of carbonyl (C=O) groups is 1. The molecule has 2 unspecified atom stereocenters. The van der Waals surface area contributed by atoms with Gasteiger partial charge in [0, 0.05) is 25.2 Å². The molecule has 1 amide bonds. The predicted molar refractivity (Wildman–Crippen MR) is 134 cm³/mol. The number of amides is 1. The highest BCUT2D eigenvalue weighted by atomic mass is 32.2. The minimum absolute atomic E-state index is 0.0126. The van der Waals surface area contributed by atoms with Gasteiger partial charge in [0.2, 0.25) is 5.91 Å². The number of benzene rings is 2. The van der Waals surface area contributed by atoms with Crippen LogP contribution < -0.4 is 10.1 Å². The smallest absolute Gasteiger partial charge is 0.242 e. The number of carbonyl (C=O) groups excluding carboxylic acids is 1. The molecule has 2 aromatic rings. The van der Waals surface area contributed by atoms with Crippen LogP contribution in [0.4, 0.5) is 0 Å². The molecule has 2 heterocycles. The number of ether oxygens (including phenoxy) is 1. The van der Waals surface area contributed by atoms with Gasteiger partial charge in [0.25, 0.3) is 0 Å². The van der Waals surface area contributed by atoms with Gasteiger partial charge >= 0.3 is 0 Å². The lowest BCUT2D eigenvalue weighted by Crippen LogP contribution is -2.49. The third kappa shape index (κ3) is 5.98. The largest absolute Gasteiger partial charge is 0.496 e. The second kappa shape index (κ2) is 11.3. The molecule has 2 aromatic carbocycles. The molecule has 0 radical (unpaired) electrons. The Balaban J connectivity index is 1.55. The minimum atomic E-state index is -3.03. The van der Waals surface area contributed by atoms with E-state index >= 15 is 0 Å². The first-order valence-corrected chi connectivity index (χ1v) is 13.9. The van der Waals surface area contributed by atoms with Crippen LogP contribution in [0.2, 0.25) is 0 Å². The molecule has 0 spiro atoms. The summed E-state index contributed by atoms with van der Waals surface area (Å²) in [5.41, 5.74) is 1.96. The second-order valence-electron chi connectivity index (χ2n) is 9.10. The van der Waals surface area contributed by atoms with E-state index < -0.39 is 15.9 Å². The van der Waals surface area contributed by atoms with Gasteiger partial charge in [-0.1, -0.05) is 55.0 Å². The van der Waals surface area contributed by atoms with Crippen LogP contribution in [0.25, 0.3) is 0 Å². The molecule has 4 rings (SSSR count). The average molecular weight is 486 g/mol. The van der Waals surface area contributed by atoms with Gasteiger partial charge in [0.15, 0.2) is 9.84 Å². The van der Waals surface area contributed by atoms with Gasteiger partial charge in [-0.15, -0.1) is 0 Å². The maximum absolute atomic E-state index is 13.6. The number of methoxy groups -OCH3 is 1. The van der Waals surface area contributed by atoms with Gasteiger partial charge in [-0.2, -0.15) is 0 Å². The molecule has 0 saturated carbocycles. The summed E-state index contributed by atoms with van der Waals surface area (Å²) in [6, 6.07) is 17.2. The van der Waals surface area contributed by atoms with Crippen LogP contribution in [0.3, 0.4) is 0 Å². The van der Waals surface area contributed by atoms with E-state index in [0.717, 1.165) is 42.8 Å². The fourth-order valence-electron chi connectivity index (χ4n) is 5.05. The molecular weight excluding hydrogens is 450 g/mol. The van der Waals surface area contributed by atoms with Crippen LogP contribution in [-0.4, -0.2) is 75.5 Å². The number of hydrogen-bond donors (Lipinski definition) is 1. The summed E-state index contributed by atoms with van der Waals surface area (Å²) in [7, 11) is -1.35. The Kier molecular flexibility index (Phi) is 8.24. The molecule has 184 valence electrons. The zero-order chi connectivity index (χ0) is 24.0. The zero-order valence-electron chi connectivity index (χ0n) is 19.9. The Morgan fingerprint density at radius 1 is 0.912 bits per heavy atom. The van der Waals surface area contributed by atoms with Crippen molar-refractivity contribution in [2.75, 3.05) is 51.3 Å². The molecule has 2 atom stereocenters. The number of sulfone groups is 1. The summed E-state index contributed by atoms with van der Waals surface area (Å²) in [6.07, 6.45) is 3.53.